The number of nitrogens with one attached hydrogen (secondary N) is 1. The first-order chi connectivity index (χ1) is 10.6. The highest BCUT2D eigenvalue weighted by Gasteiger charge is 2.32. The van der Waals surface area contributed by atoms with Crippen molar-refractivity contribution in [3.8, 4) is 0 Å². The van der Waals surface area contributed by atoms with Gasteiger partial charge in [-0.25, -0.2) is 0 Å². The van der Waals surface area contributed by atoms with Crippen LogP contribution in [0.3, 0.4) is 0 Å². The fourth-order valence-corrected chi connectivity index (χ4v) is 3.63. The van der Waals surface area contributed by atoms with Gasteiger partial charge in [0.05, 0.1) is 5.92 Å². The van der Waals surface area contributed by atoms with Crippen molar-refractivity contribution in [2.45, 2.75) is 32.7 Å². The minimum absolute atomic E-state index is 0. The first kappa shape index (κ1) is 18.1. The van der Waals surface area contributed by atoms with Crippen LogP contribution in [-0.2, 0) is 4.79 Å². The van der Waals surface area contributed by atoms with E-state index in [1.54, 1.807) is 0 Å². The first-order valence-electron chi connectivity index (χ1n) is 8.49. The van der Waals surface area contributed by atoms with Crippen LogP contribution in [0.4, 0.5) is 5.69 Å². The zero-order chi connectivity index (χ0) is 15.5. The van der Waals surface area contributed by atoms with Crippen molar-refractivity contribution in [1.29, 1.82) is 0 Å². The lowest BCUT2D eigenvalue weighted by Crippen LogP contribution is -2.54. The van der Waals surface area contributed by atoms with Crippen LogP contribution in [0.15, 0.2) is 24.3 Å². The Morgan fingerprint density at radius 1 is 1.22 bits per heavy atom. The maximum atomic E-state index is 12.7. The summed E-state index contributed by atoms with van der Waals surface area (Å²) in [5, 5.41) is 3.43. The van der Waals surface area contributed by atoms with Crippen LogP contribution in [0, 0.1) is 12.8 Å². The SMILES string of the molecule is Cc1cccc(N2CCN(C(=O)C3CCCNC3C)CC2)c1.Cl. The quantitative estimate of drug-likeness (QED) is 0.900. The normalized spacial score (nSPS) is 25.0. The van der Waals surface area contributed by atoms with Crippen molar-refractivity contribution in [2.24, 2.45) is 5.92 Å². The van der Waals surface area contributed by atoms with Crippen LogP contribution < -0.4 is 10.2 Å². The molecule has 2 aliphatic heterocycles. The molecule has 0 radical (unpaired) electrons. The van der Waals surface area contributed by atoms with Gasteiger partial charge in [0.15, 0.2) is 0 Å². The summed E-state index contributed by atoms with van der Waals surface area (Å²) in [7, 11) is 0. The summed E-state index contributed by atoms with van der Waals surface area (Å²) >= 11 is 0. The van der Waals surface area contributed by atoms with E-state index in [-0.39, 0.29) is 18.3 Å². The van der Waals surface area contributed by atoms with E-state index in [0.717, 1.165) is 45.6 Å². The standard InChI is InChI=1S/C18H27N3O.ClH/c1-14-5-3-6-16(13-14)20-9-11-21(12-10-20)18(22)17-7-4-8-19-15(17)2;/h3,5-6,13,15,17,19H,4,7-12H2,1-2H3;1H. The highest BCUT2D eigenvalue weighted by Crippen LogP contribution is 2.22. The maximum absolute atomic E-state index is 12.7. The van der Waals surface area contributed by atoms with E-state index in [2.05, 4.69) is 53.2 Å². The molecule has 1 aromatic carbocycles. The molecule has 2 fully saturated rings. The number of hydrogen-bond donors (Lipinski definition) is 1. The number of amides is 1. The van der Waals surface area contributed by atoms with Gasteiger partial charge in [0.2, 0.25) is 5.91 Å². The molecule has 4 nitrogen and oxygen atoms in total. The number of halogens is 1. The molecule has 0 spiro atoms. The van der Waals surface area contributed by atoms with Gasteiger partial charge in [-0.2, -0.15) is 0 Å². The predicted molar refractivity (Wildman–Crippen MR) is 97.4 cm³/mol. The highest BCUT2D eigenvalue weighted by molar-refractivity contribution is 5.85. The molecule has 0 bridgehead atoms. The molecule has 3 rings (SSSR count). The number of piperazine rings is 1. The van der Waals surface area contributed by atoms with Gasteiger partial charge in [0, 0.05) is 37.9 Å². The number of aryl methyl sites for hydroxylation is 1. The lowest BCUT2D eigenvalue weighted by molar-refractivity contribution is -0.137. The second kappa shape index (κ2) is 8.02. The molecule has 2 aliphatic rings. The Bertz CT molecular complexity index is 529. The molecule has 2 saturated heterocycles. The number of carbonyl (C=O) groups is 1. The van der Waals surface area contributed by atoms with E-state index in [1.807, 2.05) is 0 Å². The van der Waals surface area contributed by atoms with E-state index in [4.69, 9.17) is 0 Å². The summed E-state index contributed by atoms with van der Waals surface area (Å²) < 4.78 is 0. The average Bonchev–Trinajstić information content (AvgIpc) is 2.55. The lowest BCUT2D eigenvalue weighted by atomic mass is 9.90. The third-order valence-corrected chi connectivity index (χ3v) is 5.04. The number of benzene rings is 1. The van der Waals surface area contributed by atoms with E-state index >= 15 is 0 Å². The Morgan fingerprint density at radius 2 is 1.96 bits per heavy atom. The van der Waals surface area contributed by atoms with Gasteiger partial charge in [0.25, 0.3) is 0 Å². The van der Waals surface area contributed by atoms with E-state index in [1.165, 1.54) is 11.3 Å². The number of carbonyl (C=O) groups excluding carboxylic acids is 1. The fourth-order valence-electron chi connectivity index (χ4n) is 3.63. The van der Waals surface area contributed by atoms with Gasteiger partial charge < -0.3 is 15.1 Å². The largest absolute Gasteiger partial charge is 0.368 e. The third kappa shape index (κ3) is 4.18. The van der Waals surface area contributed by atoms with E-state index in [9.17, 15) is 4.79 Å². The molecular weight excluding hydrogens is 310 g/mol. The molecule has 23 heavy (non-hydrogen) atoms. The number of nitrogens with zero attached hydrogens (tertiary/aromatic N) is 2. The zero-order valence-corrected chi connectivity index (χ0v) is 14.9. The molecule has 2 atom stereocenters. The molecule has 0 saturated carbocycles. The summed E-state index contributed by atoms with van der Waals surface area (Å²) in [5.74, 6) is 0.517. The topological polar surface area (TPSA) is 35.6 Å². The fraction of sp³-hybridized carbons (Fsp3) is 0.611. The molecule has 2 heterocycles. The Balaban J connectivity index is 0.00000192. The number of anilines is 1. The molecule has 1 amide bonds. The number of piperidine rings is 1. The van der Waals surface area contributed by atoms with Gasteiger partial charge in [0.1, 0.15) is 0 Å². The molecular formula is C18H28ClN3O. The van der Waals surface area contributed by atoms with Gasteiger partial charge in [-0.3, -0.25) is 4.79 Å². The lowest BCUT2D eigenvalue weighted by Gasteiger charge is -2.39. The Labute approximate surface area is 145 Å². The summed E-state index contributed by atoms with van der Waals surface area (Å²) in [6, 6.07) is 8.94. The molecule has 2 unspecified atom stereocenters. The van der Waals surface area contributed by atoms with Gasteiger partial charge in [-0.1, -0.05) is 12.1 Å². The average molecular weight is 338 g/mol. The van der Waals surface area contributed by atoms with Crippen molar-refractivity contribution in [2.75, 3.05) is 37.6 Å². The molecule has 0 aromatic heterocycles. The molecule has 128 valence electrons. The third-order valence-electron chi connectivity index (χ3n) is 5.04. The summed E-state index contributed by atoms with van der Waals surface area (Å²) in [6.07, 6.45) is 2.15. The monoisotopic (exact) mass is 337 g/mol. The van der Waals surface area contributed by atoms with Gasteiger partial charge >= 0.3 is 0 Å². The van der Waals surface area contributed by atoms with Crippen molar-refractivity contribution in [1.82, 2.24) is 10.2 Å². The Morgan fingerprint density at radius 3 is 2.61 bits per heavy atom. The van der Waals surface area contributed by atoms with Crippen LogP contribution in [0.2, 0.25) is 0 Å². The first-order valence-corrected chi connectivity index (χ1v) is 8.49. The van der Waals surface area contributed by atoms with Crippen molar-refractivity contribution < 1.29 is 4.79 Å². The minimum atomic E-state index is 0. The van der Waals surface area contributed by atoms with Gasteiger partial charge in [-0.05, 0) is 50.9 Å². The molecule has 1 N–H and O–H groups in total. The summed E-state index contributed by atoms with van der Waals surface area (Å²) in [5.41, 5.74) is 2.57. The summed E-state index contributed by atoms with van der Waals surface area (Å²) in [4.78, 5) is 17.2. The van der Waals surface area contributed by atoms with E-state index < -0.39 is 0 Å². The summed E-state index contributed by atoms with van der Waals surface area (Å²) in [6.45, 7) is 8.87. The van der Waals surface area contributed by atoms with Crippen LogP contribution in [0.5, 0.6) is 0 Å². The number of rotatable bonds is 2. The minimum Gasteiger partial charge on any atom is -0.368 e. The predicted octanol–water partition coefficient (Wildman–Crippen LogP) is 2.45. The molecule has 0 aliphatic carbocycles. The van der Waals surface area contributed by atoms with E-state index in [0.29, 0.717) is 11.9 Å². The van der Waals surface area contributed by atoms with Crippen molar-refractivity contribution in [3.63, 3.8) is 0 Å². The second-order valence-electron chi connectivity index (χ2n) is 6.64. The van der Waals surface area contributed by atoms with Crippen LogP contribution in [0.1, 0.15) is 25.3 Å². The van der Waals surface area contributed by atoms with Crippen LogP contribution >= 0.6 is 12.4 Å². The Kier molecular flexibility index (Phi) is 6.31. The van der Waals surface area contributed by atoms with Crippen molar-refractivity contribution >= 4 is 24.0 Å². The zero-order valence-electron chi connectivity index (χ0n) is 14.1. The van der Waals surface area contributed by atoms with Gasteiger partial charge in [-0.15, -0.1) is 12.4 Å². The molecule has 5 heteroatoms. The maximum Gasteiger partial charge on any atom is 0.227 e. The molecule has 1 aromatic rings. The van der Waals surface area contributed by atoms with Crippen LogP contribution in [0.25, 0.3) is 0 Å². The smallest absolute Gasteiger partial charge is 0.227 e. The number of hydrogen-bond acceptors (Lipinski definition) is 3. The van der Waals surface area contributed by atoms with Crippen LogP contribution in [-0.4, -0.2) is 49.6 Å². The highest BCUT2D eigenvalue weighted by atomic mass is 35.5. The van der Waals surface area contributed by atoms with Crippen molar-refractivity contribution in [3.05, 3.63) is 29.8 Å². The second-order valence-corrected chi connectivity index (χ2v) is 6.64. The Hall–Kier alpha value is -1.26.